The molecule has 0 fully saturated rings. The number of hydrogen-bond donors (Lipinski definition) is 2. The van der Waals surface area contributed by atoms with E-state index in [0.29, 0.717) is 5.69 Å². The first-order valence-corrected chi connectivity index (χ1v) is 9.48. The maximum Gasteiger partial charge on any atom is 0.255 e. The van der Waals surface area contributed by atoms with Crippen LogP contribution in [0.25, 0.3) is 0 Å². The number of anilines is 1. The number of nitrogens with zero attached hydrogens (tertiary/aromatic N) is 1. The predicted octanol–water partition coefficient (Wildman–Crippen LogP) is 2.95. The van der Waals surface area contributed by atoms with Gasteiger partial charge in [-0.3, -0.25) is 9.78 Å². The highest BCUT2D eigenvalue weighted by atomic mass is 32.2. The second kappa shape index (κ2) is 8.07. The third-order valence-corrected chi connectivity index (χ3v) is 5.12. The highest BCUT2D eigenvalue weighted by molar-refractivity contribution is 7.89. The highest BCUT2D eigenvalue weighted by Gasteiger charge is 2.15. The molecular formula is C19H16FN3O3S. The van der Waals surface area contributed by atoms with Crippen molar-refractivity contribution in [1.29, 1.82) is 0 Å². The maximum atomic E-state index is 13.2. The van der Waals surface area contributed by atoms with Gasteiger partial charge in [-0.25, -0.2) is 17.5 Å². The number of halogens is 1. The lowest BCUT2D eigenvalue weighted by atomic mass is 10.2. The van der Waals surface area contributed by atoms with Crippen LogP contribution in [0.3, 0.4) is 0 Å². The Bertz CT molecular complexity index is 1040. The molecule has 1 heterocycles. The largest absolute Gasteiger partial charge is 0.322 e. The fourth-order valence-corrected chi connectivity index (χ4v) is 3.34. The summed E-state index contributed by atoms with van der Waals surface area (Å²) in [7, 11) is -3.72. The first-order chi connectivity index (χ1) is 12.9. The minimum absolute atomic E-state index is 0.0358. The number of aromatic nitrogens is 1. The number of rotatable bonds is 6. The molecule has 0 saturated heterocycles. The summed E-state index contributed by atoms with van der Waals surface area (Å²) in [6, 6.07) is 14.5. The molecule has 138 valence electrons. The predicted molar refractivity (Wildman–Crippen MR) is 99.1 cm³/mol. The van der Waals surface area contributed by atoms with Gasteiger partial charge in [0.25, 0.3) is 5.91 Å². The van der Waals surface area contributed by atoms with Crippen LogP contribution < -0.4 is 10.0 Å². The zero-order valence-electron chi connectivity index (χ0n) is 14.1. The molecule has 0 bridgehead atoms. The number of nitrogens with one attached hydrogen (secondary N) is 2. The Morgan fingerprint density at radius 2 is 1.81 bits per heavy atom. The fourth-order valence-electron chi connectivity index (χ4n) is 2.32. The van der Waals surface area contributed by atoms with E-state index in [1.54, 1.807) is 30.6 Å². The standard InChI is InChI=1S/C19H16FN3O3S/c20-16-4-1-5-17(11-16)23-19(24)15-6-8-18(9-7-15)27(25,26)22-13-14-3-2-10-21-12-14/h1-12,22H,13H2,(H,23,24). The van der Waals surface area contributed by atoms with E-state index in [0.717, 1.165) is 5.56 Å². The molecule has 2 N–H and O–H groups in total. The lowest BCUT2D eigenvalue weighted by molar-refractivity contribution is 0.102. The van der Waals surface area contributed by atoms with E-state index in [2.05, 4.69) is 15.0 Å². The average molecular weight is 385 g/mol. The van der Waals surface area contributed by atoms with Gasteiger partial charge in [0.05, 0.1) is 4.90 Å². The number of carbonyl (C=O) groups is 1. The van der Waals surface area contributed by atoms with E-state index in [-0.39, 0.29) is 17.0 Å². The normalized spacial score (nSPS) is 11.1. The van der Waals surface area contributed by atoms with Crippen LogP contribution in [-0.2, 0) is 16.6 Å². The molecular weight excluding hydrogens is 369 g/mol. The molecule has 3 aromatic rings. The van der Waals surface area contributed by atoms with Crippen molar-refractivity contribution < 1.29 is 17.6 Å². The van der Waals surface area contributed by atoms with E-state index in [1.165, 1.54) is 42.5 Å². The van der Waals surface area contributed by atoms with Gasteiger partial charge in [-0.1, -0.05) is 12.1 Å². The van der Waals surface area contributed by atoms with Crippen molar-refractivity contribution in [3.63, 3.8) is 0 Å². The Morgan fingerprint density at radius 3 is 2.48 bits per heavy atom. The summed E-state index contributed by atoms with van der Waals surface area (Å²) in [5.41, 5.74) is 1.30. The van der Waals surface area contributed by atoms with E-state index < -0.39 is 21.7 Å². The summed E-state index contributed by atoms with van der Waals surface area (Å²) in [5, 5.41) is 2.55. The second-order valence-electron chi connectivity index (χ2n) is 5.67. The van der Waals surface area contributed by atoms with Crippen molar-refractivity contribution in [2.24, 2.45) is 0 Å². The first-order valence-electron chi connectivity index (χ1n) is 7.99. The maximum absolute atomic E-state index is 13.2. The summed E-state index contributed by atoms with van der Waals surface area (Å²) < 4.78 is 40.3. The average Bonchev–Trinajstić information content (AvgIpc) is 2.67. The first kappa shape index (κ1) is 18.7. The fraction of sp³-hybridized carbons (Fsp3) is 0.0526. The summed E-state index contributed by atoms with van der Waals surface area (Å²) in [6.07, 6.45) is 3.17. The van der Waals surface area contributed by atoms with Gasteiger partial charge in [-0.05, 0) is 54.1 Å². The van der Waals surface area contributed by atoms with E-state index >= 15 is 0 Å². The molecule has 1 aromatic heterocycles. The van der Waals surface area contributed by atoms with Crippen LogP contribution >= 0.6 is 0 Å². The Balaban J connectivity index is 1.67. The molecule has 1 amide bonds. The summed E-state index contributed by atoms with van der Waals surface area (Å²) >= 11 is 0. The van der Waals surface area contributed by atoms with Crippen LogP contribution in [0.4, 0.5) is 10.1 Å². The van der Waals surface area contributed by atoms with Crippen LogP contribution in [0, 0.1) is 5.82 Å². The van der Waals surface area contributed by atoms with Crippen LogP contribution in [0.15, 0.2) is 78.0 Å². The molecule has 2 aromatic carbocycles. The summed E-state index contributed by atoms with van der Waals surface area (Å²) in [4.78, 5) is 16.2. The van der Waals surface area contributed by atoms with Gasteiger partial charge < -0.3 is 5.32 Å². The van der Waals surface area contributed by atoms with Gasteiger partial charge in [-0.2, -0.15) is 0 Å². The molecule has 8 heteroatoms. The summed E-state index contributed by atoms with van der Waals surface area (Å²) in [6.45, 7) is 0.109. The van der Waals surface area contributed by atoms with Gasteiger partial charge in [-0.15, -0.1) is 0 Å². The Labute approximate surface area is 156 Å². The number of pyridine rings is 1. The van der Waals surface area contributed by atoms with Crippen LogP contribution in [0.2, 0.25) is 0 Å². The zero-order chi connectivity index (χ0) is 19.3. The summed E-state index contributed by atoms with van der Waals surface area (Å²) in [5.74, 6) is -0.929. The van der Waals surface area contributed by atoms with E-state index in [9.17, 15) is 17.6 Å². The minimum Gasteiger partial charge on any atom is -0.322 e. The molecule has 0 radical (unpaired) electrons. The topological polar surface area (TPSA) is 88.2 Å². The van der Waals surface area contributed by atoms with E-state index in [4.69, 9.17) is 0 Å². The molecule has 0 aliphatic rings. The number of benzene rings is 2. The van der Waals surface area contributed by atoms with Gasteiger partial charge in [0, 0.05) is 30.2 Å². The van der Waals surface area contributed by atoms with Crippen LogP contribution in [0.5, 0.6) is 0 Å². The van der Waals surface area contributed by atoms with Crippen molar-refractivity contribution in [3.05, 3.63) is 90.0 Å². The number of hydrogen-bond acceptors (Lipinski definition) is 4. The molecule has 6 nitrogen and oxygen atoms in total. The lowest BCUT2D eigenvalue weighted by Gasteiger charge is -2.08. The minimum atomic E-state index is -3.72. The molecule has 0 spiro atoms. The van der Waals surface area contributed by atoms with Gasteiger partial charge >= 0.3 is 0 Å². The van der Waals surface area contributed by atoms with Gasteiger partial charge in [0.2, 0.25) is 10.0 Å². The van der Waals surface area contributed by atoms with Gasteiger partial charge in [0.1, 0.15) is 5.82 Å². The second-order valence-corrected chi connectivity index (χ2v) is 7.44. The van der Waals surface area contributed by atoms with Crippen LogP contribution in [0.1, 0.15) is 15.9 Å². The quantitative estimate of drug-likeness (QED) is 0.683. The van der Waals surface area contributed by atoms with Crippen molar-refractivity contribution >= 4 is 21.6 Å². The van der Waals surface area contributed by atoms with E-state index in [1.807, 2.05) is 0 Å². The van der Waals surface area contributed by atoms with Gasteiger partial charge in [0.15, 0.2) is 0 Å². The smallest absolute Gasteiger partial charge is 0.255 e. The zero-order valence-corrected chi connectivity index (χ0v) is 14.9. The SMILES string of the molecule is O=C(Nc1cccc(F)c1)c1ccc(S(=O)(=O)NCc2cccnc2)cc1. The molecule has 0 saturated carbocycles. The molecule has 3 rings (SSSR count). The highest BCUT2D eigenvalue weighted by Crippen LogP contribution is 2.14. The Kier molecular flexibility index (Phi) is 5.58. The molecule has 0 unspecified atom stereocenters. The van der Waals surface area contributed by atoms with Crippen molar-refractivity contribution in [1.82, 2.24) is 9.71 Å². The third-order valence-electron chi connectivity index (χ3n) is 3.70. The third kappa shape index (κ3) is 4.96. The van der Waals surface area contributed by atoms with Crippen molar-refractivity contribution in [2.45, 2.75) is 11.4 Å². The Morgan fingerprint density at radius 1 is 1.04 bits per heavy atom. The van der Waals surface area contributed by atoms with Crippen LogP contribution in [-0.4, -0.2) is 19.3 Å². The number of sulfonamides is 1. The Hall–Kier alpha value is -3.10. The molecule has 0 aliphatic carbocycles. The number of carbonyl (C=O) groups excluding carboxylic acids is 1. The molecule has 27 heavy (non-hydrogen) atoms. The number of amides is 1. The monoisotopic (exact) mass is 385 g/mol. The molecule has 0 aliphatic heterocycles. The lowest BCUT2D eigenvalue weighted by Crippen LogP contribution is -2.23. The molecule has 0 atom stereocenters. The van der Waals surface area contributed by atoms with Crippen molar-refractivity contribution in [2.75, 3.05) is 5.32 Å². The van der Waals surface area contributed by atoms with Crippen molar-refractivity contribution in [3.8, 4) is 0 Å².